The molecule has 0 unspecified atom stereocenters. The van der Waals surface area contributed by atoms with Gasteiger partial charge >= 0.3 is 5.97 Å². The van der Waals surface area contributed by atoms with E-state index in [9.17, 15) is 14.4 Å². The second-order valence-electron chi connectivity index (χ2n) is 6.34. The first-order valence-electron chi connectivity index (χ1n) is 9.32. The number of carbonyl (C=O) groups excluding carboxylic acids is 3. The van der Waals surface area contributed by atoms with Gasteiger partial charge in [0.1, 0.15) is 12.3 Å². The third kappa shape index (κ3) is 5.87. The summed E-state index contributed by atoms with van der Waals surface area (Å²) in [4.78, 5) is 35.9. The molecule has 9 heteroatoms. The molecular weight excluding hydrogens is 392 g/mol. The van der Waals surface area contributed by atoms with Gasteiger partial charge in [-0.05, 0) is 30.3 Å². The molecule has 0 atom stereocenters. The summed E-state index contributed by atoms with van der Waals surface area (Å²) >= 11 is 0. The lowest BCUT2D eigenvalue weighted by Gasteiger charge is -2.11. The molecule has 0 aliphatic carbocycles. The Labute approximate surface area is 173 Å². The van der Waals surface area contributed by atoms with Gasteiger partial charge in [-0.15, -0.1) is 0 Å². The van der Waals surface area contributed by atoms with Crippen LogP contribution in [0.5, 0.6) is 17.2 Å². The number of methoxy groups -OCH3 is 1. The molecule has 0 radical (unpaired) electrons. The van der Waals surface area contributed by atoms with E-state index in [1.807, 2.05) is 0 Å². The van der Waals surface area contributed by atoms with Gasteiger partial charge < -0.3 is 29.6 Å². The quantitative estimate of drug-likeness (QED) is 0.664. The summed E-state index contributed by atoms with van der Waals surface area (Å²) in [6.07, 6.45) is 0.778. The number of benzene rings is 2. The third-order valence-electron chi connectivity index (χ3n) is 4.12. The molecule has 2 N–H and O–H groups in total. The van der Waals surface area contributed by atoms with Gasteiger partial charge in [0, 0.05) is 23.7 Å². The zero-order valence-electron chi connectivity index (χ0n) is 16.4. The number of hydrogen-bond acceptors (Lipinski definition) is 7. The monoisotopic (exact) mass is 414 g/mol. The summed E-state index contributed by atoms with van der Waals surface area (Å²) in [7, 11) is 1.49. The van der Waals surface area contributed by atoms with Crippen LogP contribution in [0.15, 0.2) is 42.5 Å². The van der Waals surface area contributed by atoms with E-state index in [1.54, 1.807) is 42.5 Å². The lowest BCUT2D eigenvalue weighted by molar-refractivity contribution is -0.146. The maximum atomic E-state index is 12.1. The number of carbonyl (C=O) groups is 3. The topological polar surface area (TPSA) is 112 Å². The molecule has 158 valence electrons. The van der Waals surface area contributed by atoms with E-state index in [0.29, 0.717) is 41.7 Å². The number of amides is 2. The Morgan fingerprint density at radius 1 is 1.03 bits per heavy atom. The molecule has 0 spiro atoms. The number of nitrogens with one attached hydrogen (secondary N) is 2. The van der Waals surface area contributed by atoms with Crippen molar-refractivity contribution in [1.29, 1.82) is 0 Å². The predicted octanol–water partition coefficient (Wildman–Crippen LogP) is 1.77. The Morgan fingerprint density at radius 3 is 2.63 bits per heavy atom. The Bertz CT molecular complexity index is 929. The first-order chi connectivity index (χ1) is 14.5. The van der Waals surface area contributed by atoms with E-state index in [2.05, 4.69) is 10.6 Å². The minimum absolute atomic E-state index is 0.342. The van der Waals surface area contributed by atoms with Crippen LogP contribution in [0, 0.1) is 0 Å². The van der Waals surface area contributed by atoms with Crippen LogP contribution in [0.2, 0.25) is 0 Å². The minimum Gasteiger partial charge on any atom is -0.497 e. The third-order valence-corrected chi connectivity index (χ3v) is 4.12. The second kappa shape index (κ2) is 10.1. The maximum Gasteiger partial charge on any atom is 0.325 e. The van der Waals surface area contributed by atoms with Gasteiger partial charge in [0.2, 0.25) is 0 Å². The lowest BCUT2D eigenvalue weighted by atomic mass is 10.2. The smallest absolute Gasteiger partial charge is 0.325 e. The van der Waals surface area contributed by atoms with Crippen LogP contribution in [0.3, 0.4) is 0 Å². The zero-order chi connectivity index (χ0) is 21.3. The van der Waals surface area contributed by atoms with Gasteiger partial charge in [0.25, 0.3) is 11.8 Å². The number of fused-ring (bicyclic) bond motifs is 1. The molecule has 30 heavy (non-hydrogen) atoms. The van der Waals surface area contributed by atoms with Gasteiger partial charge in [-0.25, -0.2) is 0 Å². The first kappa shape index (κ1) is 21.0. The van der Waals surface area contributed by atoms with Gasteiger partial charge in [0.15, 0.2) is 18.1 Å². The van der Waals surface area contributed by atoms with Gasteiger partial charge in [0.05, 0.1) is 20.3 Å². The fraction of sp³-hybridized carbons (Fsp3) is 0.286. The molecule has 0 aromatic heterocycles. The second-order valence-corrected chi connectivity index (χ2v) is 6.34. The molecule has 1 heterocycles. The predicted molar refractivity (Wildman–Crippen MR) is 107 cm³/mol. The molecule has 3 rings (SSSR count). The van der Waals surface area contributed by atoms with Crippen molar-refractivity contribution in [1.82, 2.24) is 5.32 Å². The van der Waals surface area contributed by atoms with Crippen LogP contribution in [-0.2, 0) is 14.3 Å². The molecule has 0 saturated heterocycles. The molecule has 2 aromatic rings. The first-order valence-corrected chi connectivity index (χ1v) is 9.32. The van der Waals surface area contributed by atoms with Crippen molar-refractivity contribution in [2.24, 2.45) is 0 Å². The van der Waals surface area contributed by atoms with Crippen molar-refractivity contribution in [3.63, 3.8) is 0 Å². The van der Waals surface area contributed by atoms with Crippen molar-refractivity contribution >= 4 is 23.5 Å². The van der Waals surface area contributed by atoms with Crippen LogP contribution in [0.4, 0.5) is 5.69 Å². The number of rotatable bonds is 7. The summed E-state index contributed by atoms with van der Waals surface area (Å²) in [6.45, 7) is 0.252. The van der Waals surface area contributed by atoms with Gasteiger partial charge in [-0.2, -0.15) is 0 Å². The van der Waals surface area contributed by atoms with Crippen molar-refractivity contribution in [2.45, 2.75) is 6.42 Å². The van der Waals surface area contributed by atoms with Gasteiger partial charge in [-0.1, -0.05) is 6.07 Å². The van der Waals surface area contributed by atoms with Crippen LogP contribution >= 0.6 is 0 Å². The molecule has 0 saturated carbocycles. The van der Waals surface area contributed by atoms with Crippen molar-refractivity contribution in [3.05, 3.63) is 48.0 Å². The van der Waals surface area contributed by atoms with Crippen LogP contribution < -0.4 is 24.8 Å². The summed E-state index contributed by atoms with van der Waals surface area (Å²) in [6, 6.07) is 11.5. The molecule has 2 aromatic carbocycles. The molecule has 9 nitrogen and oxygen atoms in total. The van der Waals surface area contributed by atoms with Crippen molar-refractivity contribution in [3.8, 4) is 17.2 Å². The number of hydrogen-bond donors (Lipinski definition) is 2. The van der Waals surface area contributed by atoms with Crippen LogP contribution in [-0.4, -0.2) is 51.3 Å². The molecule has 1 aliphatic heterocycles. The van der Waals surface area contributed by atoms with E-state index in [4.69, 9.17) is 18.9 Å². The highest BCUT2D eigenvalue weighted by molar-refractivity contribution is 5.97. The SMILES string of the molecule is COc1cccc(C(=O)NCC(=O)OCC(=O)Nc2ccc3c(c2)OCCCO3)c1. The average Bonchev–Trinajstić information content (AvgIpc) is 3.01. The van der Waals surface area contributed by atoms with Crippen LogP contribution in [0.1, 0.15) is 16.8 Å². The van der Waals surface area contributed by atoms with Gasteiger partial charge in [-0.3, -0.25) is 14.4 Å². The van der Waals surface area contributed by atoms with E-state index < -0.39 is 24.4 Å². The Hall–Kier alpha value is -3.75. The Morgan fingerprint density at radius 2 is 1.83 bits per heavy atom. The minimum atomic E-state index is -0.736. The highest BCUT2D eigenvalue weighted by atomic mass is 16.5. The van der Waals surface area contributed by atoms with E-state index in [1.165, 1.54) is 7.11 Å². The highest BCUT2D eigenvalue weighted by Gasteiger charge is 2.14. The fourth-order valence-corrected chi connectivity index (χ4v) is 2.65. The maximum absolute atomic E-state index is 12.1. The number of anilines is 1. The number of esters is 1. The fourth-order valence-electron chi connectivity index (χ4n) is 2.65. The van der Waals surface area contributed by atoms with Crippen molar-refractivity contribution in [2.75, 3.05) is 38.8 Å². The molecular formula is C21H22N2O7. The standard InChI is InChI=1S/C21H22N2O7/c1-27-16-5-2-4-14(10-16)21(26)22-12-20(25)30-13-19(24)23-15-6-7-17-18(11-15)29-9-3-8-28-17/h2,4-7,10-11H,3,8-9,12-13H2,1H3,(H,22,26)(H,23,24). The normalized spacial score (nSPS) is 12.3. The molecule has 2 amide bonds. The lowest BCUT2D eigenvalue weighted by Crippen LogP contribution is -2.32. The number of ether oxygens (including phenoxy) is 4. The molecule has 1 aliphatic rings. The highest BCUT2D eigenvalue weighted by Crippen LogP contribution is 2.32. The molecule has 0 bridgehead atoms. The summed E-state index contributed by atoms with van der Waals surface area (Å²) in [5.74, 6) is -0.0255. The van der Waals surface area contributed by atoms with E-state index in [0.717, 1.165) is 6.42 Å². The Balaban J connectivity index is 1.42. The largest absolute Gasteiger partial charge is 0.497 e. The van der Waals surface area contributed by atoms with Crippen molar-refractivity contribution < 1.29 is 33.3 Å². The zero-order valence-corrected chi connectivity index (χ0v) is 16.4. The summed E-state index contributed by atoms with van der Waals surface area (Å²) in [5, 5.41) is 5.05. The van der Waals surface area contributed by atoms with Crippen LogP contribution in [0.25, 0.3) is 0 Å². The summed E-state index contributed by atoms with van der Waals surface area (Å²) < 4.78 is 21.0. The average molecular weight is 414 g/mol. The Kier molecular flexibility index (Phi) is 7.09. The van der Waals surface area contributed by atoms with E-state index in [-0.39, 0.29) is 6.54 Å². The molecule has 0 fully saturated rings. The summed E-state index contributed by atoms with van der Waals surface area (Å²) in [5.41, 5.74) is 0.834. The van der Waals surface area contributed by atoms with E-state index >= 15 is 0 Å².